The molecule has 1 amide bonds. The van der Waals surface area contributed by atoms with Crippen molar-refractivity contribution in [2.75, 3.05) is 5.32 Å². The molecule has 0 bridgehead atoms. The van der Waals surface area contributed by atoms with Crippen LogP contribution >= 0.6 is 27.3 Å². The Hall–Kier alpha value is -3.04. The number of benzene rings is 2. The van der Waals surface area contributed by atoms with Crippen molar-refractivity contribution in [3.63, 3.8) is 0 Å². The second-order valence-corrected chi connectivity index (χ2v) is 7.89. The predicted molar refractivity (Wildman–Crippen MR) is 113 cm³/mol. The maximum absolute atomic E-state index is 12.4. The van der Waals surface area contributed by atoms with Crippen molar-refractivity contribution in [1.82, 2.24) is 9.97 Å². The fourth-order valence-corrected chi connectivity index (χ4v) is 3.55. The van der Waals surface area contributed by atoms with Crippen molar-refractivity contribution in [1.29, 1.82) is 0 Å². The van der Waals surface area contributed by atoms with Crippen molar-refractivity contribution in [2.45, 2.75) is 13.0 Å². The molecule has 0 aliphatic rings. The summed E-state index contributed by atoms with van der Waals surface area (Å²) in [4.78, 5) is 33.1. The molecule has 0 aliphatic heterocycles. The van der Waals surface area contributed by atoms with Crippen molar-refractivity contribution in [2.24, 2.45) is 0 Å². The van der Waals surface area contributed by atoms with E-state index < -0.39 is 18.0 Å². The Morgan fingerprint density at radius 3 is 2.79 bits per heavy atom. The SMILES string of the molecule is CC(OC(=O)c1ccc2ocnc2c1)C(=O)Nc1nc(-c2ccc(Br)cc2)cs1. The molecule has 2 aromatic carbocycles. The first-order chi connectivity index (χ1) is 14.0. The lowest BCUT2D eigenvalue weighted by atomic mass is 10.2. The number of esters is 1. The molecule has 0 spiro atoms. The standard InChI is InChI=1S/C20H14BrN3O4S/c1-11(28-19(26)13-4-7-17-15(8-13)22-10-27-17)18(25)24-20-23-16(9-29-20)12-2-5-14(21)6-3-12/h2-11H,1H3,(H,23,24,25). The normalized spacial score (nSPS) is 11.9. The highest BCUT2D eigenvalue weighted by molar-refractivity contribution is 9.10. The van der Waals surface area contributed by atoms with Gasteiger partial charge in [-0.15, -0.1) is 11.3 Å². The zero-order chi connectivity index (χ0) is 20.4. The van der Waals surface area contributed by atoms with E-state index in [0.717, 1.165) is 15.7 Å². The van der Waals surface area contributed by atoms with Gasteiger partial charge in [0.2, 0.25) is 0 Å². The molecule has 0 radical (unpaired) electrons. The topological polar surface area (TPSA) is 94.3 Å². The summed E-state index contributed by atoms with van der Waals surface area (Å²) in [6, 6.07) is 12.4. The Kier molecular flexibility index (Phi) is 5.41. The summed E-state index contributed by atoms with van der Waals surface area (Å²) >= 11 is 4.69. The van der Waals surface area contributed by atoms with E-state index in [9.17, 15) is 9.59 Å². The van der Waals surface area contributed by atoms with Gasteiger partial charge in [-0.25, -0.2) is 14.8 Å². The Bertz CT molecular complexity index is 1190. The first-order valence-corrected chi connectivity index (χ1v) is 10.2. The molecule has 0 fully saturated rings. The number of hydrogen-bond acceptors (Lipinski definition) is 7. The minimum absolute atomic E-state index is 0.290. The fraction of sp³-hybridized carbons (Fsp3) is 0.100. The van der Waals surface area contributed by atoms with E-state index in [1.807, 2.05) is 29.6 Å². The summed E-state index contributed by atoms with van der Waals surface area (Å²) in [6.45, 7) is 1.51. The van der Waals surface area contributed by atoms with Crippen LogP contribution in [-0.2, 0) is 9.53 Å². The van der Waals surface area contributed by atoms with Crippen LogP contribution in [0.1, 0.15) is 17.3 Å². The lowest BCUT2D eigenvalue weighted by Gasteiger charge is -2.12. The fourth-order valence-electron chi connectivity index (χ4n) is 2.56. The molecule has 7 nitrogen and oxygen atoms in total. The molecule has 1 unspecified atom stereocenters. The number of nitrogens with zero attached hydrogens (tertiary/aromatic N) is 2. The summed E-state index contributed by atoms with van der Waals surface area (Å²) in [5.74, 6) is -1.08. The molecule has 0 saturated heterocycles. The number of nitrogens with one attached hydrogen (secondary N) is 1. The molecule has 1 N–H and O–H groups in total. The third-order valence-electron chi connectivity index (χ3n) is 4.09. The van der Waals surface area contributed by atoms with Crippen LogP contribution in [0.4, 0.5) is 5.13 Å². The van der Waals surface area contributed by atoms with Gasteiger partial charge in [-0.2, -0.15) is 0 Å². The summed E-state index contributed by atoms with van der Waals surface area (Å²) in [6.07, 6.45) is 0.308. The first kappa shape index (κ1) is 19.3. The van der Waals surface area contributed by atoms with Gasteiger partial charge in [0, 0.05) is 15.4 Å². The maximum Gasteiger partial charge on any atom is 0.338 e. The average molecular weight is 472 g/mol. The van der Waals surface area contributed by atoms with Crippen LogP contribution in [0, 0.1) is 0 Å². The summed E-state index contributed by atoms with van der Waals surface area (Å²) in [5, 5.41) is 4.96. The maximum atomic E-state index is 12.4. The van der Waals surface area contributed by atoms with Crippen LogP contribution in [0.3, 0.4) is 0 Å². The number of aromatic nitrogens is 2. The van der Waals surface area contributed by atoms with E-state index in [-0.39, 0.29) is 5.56 Å². The van der Waals surface area contributed by atoms with Crippen LogP contribution in [0.25, 0.3) is 22.4 Å². The van der Waals surface area contributed by atoms with E-state index in [1.165, 1.54) is 24.7 Å². The molecule has 9 heteroatoms. The third-order valence-corrected chi connectivity index (χ3v) is 5.38. The third kappa shape index (κ3) is 4.36. The summed E-state index contributed by atoms with van der Waals surface area (Å²) in [5.41, 5.74) is 3.09. The minimum atomic E-state index is -0.990. The Balaban J connectivity index is 1.39. The van der Waals surface area contributed by atoms with Gasteiger partial charge >= 0.3 is 5.97 Å². The van der Waals surface area contributed by atoms with Gasteiger partial charge in [0.15, 0.2) is 23.2 Å². The molecule has 4 aromatic rings. The minimum Gasteiger partial charge on any atom is -0.449 e. The van der Waals surface area contributed by atoms with E-state index in [2.05, 4.69) is 31.2 Å². The molecule has 4 rings (SSSR count). The number of hydrogen-bond donors (Lipinski definition) is 1. The average Bonchev–Trinajstić information content (AvgIpc) is 3.37. The quantitative estimate of drug-likeness (QED) is 0.416. The van der Waals surface area contributed by atoms with Crippen LogP contribution in [0.5, 0.6) is 0 Å². The number of thiazole rings is 1. The van der Waals surface area contributed by atoms with E-state index in [1.54, 1.807) is 18.2 Å². The number of fused-ring (bicyclic) bond motifs is 1. The number of halogens is 1. The van der Waals surface area contributed by atoms with Gasteiger partial charge in [-0.05, 0) is 37.3 Å². The number of ether oxygens (including phenoxy) is 1. The van der Waals surface area contributed by atoms with Crippen LogP contribution in [-0.4, -0.2) is 27.9 Å². The highest BCUT2D eigenvalue weighted by Gasteiger charge is 2.20. The van der Waals surface area contributed by atoms with Crippen LogP contribution in [0.15, 0.2) is 63.1 Å². The highest BCUT2D eigenvalue weighted by atomic mass is 79.9. The van der Waals surface area contributed by atoms with Crippen molar-refractivity contribution in [3.8, 4) is 11.3 Å². The molecule has 29 heavy (non-hydrogen) atoms. The van der Waals surface area contributed by atoms with Crippen LogP contribution < -0.4 is 5.32 Å². The number of carbonyl (C=O) groups is 2. The number of rotatable bonds is 5. The largest absolute Gasteiger partial charge is 0.449 e. The molecule has 0 saturated carbocycles. The molecule has 1 atom stereocenters. The number of oxazole rings is 1. The second-order valence-electron chi connectivity index (χ2n) is 6.12. The van der Waals surface area contributed by atoms with Gasteiger partial charge in [0.1, 0.15) is 5.52 Å². The lowest BCUT2D eigenvalue weighted by molar-refractivity contribution is -0.123. The highest BCUT2D eigenvalue weighted by Crippen LogP contribution is 2.26. The molecule has 2 aromatic heterocycles. The molecule has 0 aliphatic carbocycles. The van der Waals surface area contributed by atoms with E-state index in [0.29, 0.717) is 16.2 Å². The van der Waals surface area contributed by atoms with Crippen LogP contribution in [0.2, 0.25) is 0 Å². The van der Waals surface area contributed by atoms with Crippen molar-refractivity contribution < 1.29 is 18.7 Å². The van der Waals surface area contributed by atoms with Gasteiger partial charge in [-0.3, -0.25) is 10.1 Å². The van der Waals surface area contributed by atoms with Gasteiger partial charge in [-0.1, -0.05) is 28.1 Å². The Morgan fingerprint density at radius 1 is 1.21 bits per heavy atom. The Morgan fingerprint density at radius 2 is 2.00 bits per heavy atom. The van der Waals surface area contributed by atoms with E-state index in [4.69, 9.17) is 9.15 Å². The number of amides is 1. The van der Waals surface area contributed by atoms with Crippen molar-refractivity contribution in [3.05, 3.63) is 64.3 Å². The monoisotopic (exact) mass is 471 g/mol. The first-order valence-electron chi connectivity index (χ1n) is 8.56. The molecule has 146 valence electrons. The van der Waals surface area contributed by atoms with Crippen molar-refractivity contribution >= 4 is 55.4 Å². The van der Waals surface area contributed by atoms with Gasteiger partial charge < -0.3 is 9.15 Å². The zero-order valence-electron chi connectivity index (χ0n) is 15.1. The zero-order valence-corrected chi connectivity index (χ0v) is 17.5. The molecular weight excluding hydrogens is 458 g/mol. The lowest BCUT2D eigenvalue weighted by Crippen LogP contribution is -2.29. The predicted octanol–water partition coefficient (Wildman–Crippen LogP) is 4.90. The molecular formula is C20H14BrN3O4S. The summed E-state index contributed by atoms with van der Waals surface area (Å²) in [7, 11) is 0. The number of carbonyl (C=O) groups excluding carboxylic acids is 2. The number of anilines is 1. The van der Waals surface area contributed by atoms with E-state index >= 15 is 0 Å². The van der Waals surface area contributed by atoms with Gasteiger partial charge in [0.25, 0.3) is 5.91 Å². The second kappa shape index (κ2) is 8.14. The molecule has 2 heterocycles. The summed E-state index contributed by atoms with van der Waals surface area (Å²) < 4.78 is 11.4. The van der Waals surface area contributed by atoms with Gasteiger partial charge in [0.05, 0.1) is 11.3 Å². The smallest absolute Gasteiger partial charge is 0.338 e. The Labute approximate surface area is 177 Å².